The van der Waals surface area contributed by atoms with Crippen molar-refractivity contribution >= 4 is 11.5 Å². The topological polar surface area (TPSA) is 33.5 Å². The minimum atomic E-state index is 0.0434. The van der Waals surface area contributed by atoms with Crippen LogP contribution in [-0.2, 0) is 4.79 Å². The van der Waals surface area contributed by atoms with E-state index in [1.54, 1.807) is 0 Å². The summed E-state index contributed by atoms with van der Waals surface area (Å²) in [6.45, 7) is 4.08. The zero-order valence-corrected chi connectivity index (χ0v) is 14.9. The fourth-order valence-electron chi connectivity index (χ4n) is 4.00. The Morgan fingerprint density at radius 1 is 1.12 bits per heavy atom. The van der Waals surface area contributed by atoms with Crippen LogP contribution in [0.25, 0.3) is 5.57 Å². The highest BCUT2D eigenvalue weighted by molar-refractivity contribution is 5.80. The lowest BCUT2D eigenvalue weighted by Crippen LogP contribution is -3.17. The number of carbonyl (C=O) groups excluding carboxylic acids is 1. The Hall–Kier alpha value is -1.61. The number of rotatable bonds is 4. The Labute approximate surface area is 146 Å². The average Bonchev–Trinajstić information content (AvgIpc) is 2.90. The van der Waals surface area contributed by atoms with Gasteiger partial charge in [-0.25, -0.2) is 0 Å². The molecule has 1 fully saturated rings. The molecule has 0 aromatic heterocycles. The summed E-state index contributed by atoms with van der Waals surface area (Å²) in [6.07, 6.45) is 10.9. The Bertz CT molecular complexity index is 558. The zero-order valence-electron chi connectivity index (χ0n) is 14.9. The Kier molecular flexibility index (Phi) is 6.08. The quantitative estimate of drug-likeness (QED) is 0.819. The first-order valence-corrected chi connectivity index (χ1v) is 9.63. The molecular weight excluding hydrogens is 296 g/mol. The second kappa shape index (κ2) is 8.48. The number of hydrogen-bond donors (Lipinski definition) is 2. The van der Waals surface area contributed by atoms with Crippen LogP contribution in [0.1, 0.15) is 57.4 Å². The van der Waals surface area contributed by atoms with Crippen LogP contribution >= 0.6 is 0 Å². The molecule has 2 N–H and O–H groups in total. The van der Waals surface area contributed by atoms with E-state index in [4.69, 9.17) is 0 Å². The molecule has 1 saturated carbocycles. The van der Waals surface area contributed by atoms with Gasteiger partial charge in [0.15, 0.2) is 6.04 Å². The lowest BCUT2D eigenvalue weighted by molar-refractivity contribution is -0.909. The Balaban J connectivity index is 1.53. The van der Waals surface area contributed by atoms with Gasteiger partial charge >= 0.3 is 0 Å². The van der Waals surface area contributed by atoms with Crippen LogP contribution in [0.4, 0.5) is 0 Å². The van der Waals surface area contributed by atoms with E-state index in [0.717, 1.165) is 32.4 Å². The summed E-state index contributed by atoms with van der Waals surface area (Å²) in [5.74, 6) is 0.244. The minimum Gasteiger partial charge on any atom is -0.348 e. The molecule has 1 amide bonds. The fourth-order valence-corrected chi connectivity index (χ4v) is 4.00. The van der Waals surface area contributed by atoms with Crippen LogP contribution in [0, 0.1) is 0 Å². The molecule has 0 bridgehead atoms. The summed E-state index contributed by atoms with van der Waals surface area (Å²) in [5.41, 5.74) is 2.75. The molecule has 0 radical (unpaired) electrons. The molecule has 1 aliphatic carbocycles. The van der Waals surface area contributed by atoms with Crippen molar-refractivity contribution < 1.29 is 9.69 Å². The summed E-state index contributed by atoms with van der Waals surface area (Å²) in [7, 11) is 0. The molecular formula is C21H31N2O+. The molecule has 2 aliphatic rings. The second-order valence-corrected chi connectivity index (χ2v) is 7.38. The molecule has 130 valence electrons. The van der Waals surface area contributed by atoms with E-state index in [0.29, 0.717) is 6.04 Å². The molecule has 3 heteroatoms. The monoisotopic (exact) mass is 327 g/mol. The van der Waals surface area contributed by atoms with Crippen LogP contribution in [0.2, 0.25) is 0 Å². The molecule has 1 heterocycles. The maximum absolute atomic E-state index is 12.6. The highest BCUT2D eigenvalue weighted by Gasteiger charge is 2.28. The molecule has 0 spiro atoms. The van der Waals surface area contributed by atoms with Crippen LogP contribution < -0.4 is 10.2 Å². The molecule has 1 aromatic carbocycles. The number of hydrogen-bond acceptors (Lipinski definition) is 1. The lowest BCUT2D eigenvalue weighted by atomic mass is 9.98. The summed E-state index contributed by atoms with van der Waals surface area (Å²) in [5, 5.41) is 3.32. The van der Waals surface area contributed by atoms with Gasteiger partial charge in [0.2, 0.25) is 0 Å². The number of quaternary nitrogens is 1. The molecule has 2 atom stereocenters. The number of amides is 1. The van der Waals surface area contributed by atoms with E-state index in [2.05, 4.69) is 48.6 Å². The van der Waals surface area contributed by atoms with Gasteiger partial charge in [0, 0.05) is 12.5 Å². The van der Waals surface area contributed by atoms with Crippen LogP contribution in [-0.4, -0.2) is 31.1 Å². The van der Waals surface area contributed by atoms with E-state index in [1.807, 2.05) is 0 Å². The first-order chi connectivity index (χ1) is 11.7. The van der Waals surface area contributed by atoms with Crippen molar-refractivity contribution in [2.75, 3.05) is 13.1 Å². The van der Waals surface area contributed by atoms with Gasteiger partial charge < -0.3 is 10.2 Å². The first kappa shape index (κ1) is 17.2. The average molecular weight is 327 g/mol. The van der Waals surface area contributed by atoms with Crippen LogP contribution in [0.5, 0.6) is 0 Å². The summed E-state index contributed by atoms with van der Waals surface area (Å²) >= 11 is 0. The van der Waals surface area contributed by atoms with Gasteiger partial charge in [0.05, 0.1) is 13.1 Å². The summed E-state index contributed by atoms with van der Waals surface area (Å²) in [6, 6.07) is 11.1. The third-order valence-corrected chi connectivity index (χ3v) is 5.68. The highest BCUT2D eigenvalue weighted by atomic mass is 16.2. The standard InChI is InChI=1S/C21H30N2O/c1-17(21(24)22-20-11-7-2-3-8-12-20)23-15-13-19(14-16-23)18-9-5-4-6-10-18/h4-6,9-10,13,17,20H,2-3,7-8,11-12,14-16H2,1H3,(H,22,24)/p+1/t17-/m1/s1. The predicted molar refractivity (Wildman–Crippen MR) is 98.8 cm³/mol. The van der Waals surface area contributed by atoms with Crippen molar-refractivity contribution in [1.29, 1.82) is 0 Å². The highest BCUT2D eigenvalue weighted by Crippen LogP contribution is 2.18. The van der Waals surface area contributed by atoms with Crippen LogP contribution in [0.3, 0.4) is 0 Å². The predicted octanol–water partition coefficient (Wildman–Crippen LogP) is 2.59. The van der Waals surface area contributed by atoms with E-state index in [-0.39, 0.29) is 11.9 Å². The van der Waals surface area contributed by atoms with Gasteiger partial charge in [-0.15, -0.1) is 0 Å². The van der Waals surface area contributed by atoms with Gasteiger partial charge in [-0.1, -0.05) is 56.0 Å². The maximum atomic E-state index is 12.6. The molecule has 3 rings (SSSR count). The van der Waals surface area contributed by atoms with Crippen molar-refractivity contribution in [3.05, 3.63) is 42.0 Å². The van der Waals surface area contributed by atoms with E-state index >= 15 is 0 Å². The zero-order chi connectivity index (χ0) is 16.8. The van der Waals surface area contributed by atoms with Crippen molar-refractivity contribution in [3.63, 3.8) is 0 Å². The largest absolute Gasteiger partial charge is 0.348 e. The molecule has 1 unspecified atom stereocenters. The molecule has 3 nitrogen and oxygen atoms in total. The van der Waals surface area contributed by atoms with Crippen LogP contribution in [0.15, 0.2) is 36.4 Å². The SMILES string of the molecule is C[C@H](C(=O)NC1CCCCCC1)[NH+]1CC=C(c2ccccc2)CC1. The van der Waals surface area contributed by atoms with Crippen molar-refractivity contribution in [3.8, 4) is 0 Å². The van der Waals surface area contributed by atoms with Crippen molar-refractivity contribution in [2.24, 2.45) is 0 Å². The van der Waals surface area contributed by atoms with Gasteiger partial charge in [0.25, 0.3) is 5.91 Å². The number of carbonyl (C=O) groups is 1. The molecule has 1 aliphatic heterocycles. The third-order valence-electron chi connectivity index (χ3n) is 5.68. The van der Waals surface area contributed by atoms with E-state index in [9.17, 15) is 4.79 Å². The third kappa shape index (κ3) is 4.47. The first-order valence-electron chi connectivity index (χ1n) is 9.63. The second-order valence-electron chi connectivity index (χ2n) is 7.38. The smallest absolute Gasteiger partial charge is 0.278 e. The normalized spacial score (nSPS) is 23.9. The van der Waals surface area contributed by atoms with Crippen molar-refractivity contribution in [2.45, 2.75) is 64.0 Å². The maximum Gasteiger partial charge on any atom is 0.278 e. The number of benzene rings is 1. The van der Waals surface area contributed by atoms with Crippen molar-refractivity contribution in [1.82, 2.24) is 5.32 Å². The molecule has 1 aromatic rings. The summed E-state index contributed by atoms with van der Waals surface area (Å²) in [4.78, 5) is 14.0. The lowest BCUT2D eigenvalue weighted by Gasteiger charge is -2.29. The van der Waals surface area contributed by atoms with Gasteiger partial charge in [-0.2, -0.15) is 0 Å². The molecule has 0 saturated heterocycles. The number of nitrogens with one attached hydrogen (secondary N) is 2. The molecule has 24 heavy (non-hydrogen) atoms. The Morgan fingerprint density at radius 2 is 1.83 bits per heavy atom. The van der Waals surface area contributed by atoms with Gasteiger partial charge in [0.1, 0.15) is 0 Å². The van der Waals surface area contributed by atoms with E-state index in [1.165, 1.54) is 41.7 Å². The van der Waals surface area contributed by atoms with Gasteiger partial charge in [-0.3, -0.25) is 4.79 Å². The van der Waals surface area contributed by atoms with Gasteiger partial charge in [-0.05, 0) is 37.0 Å². The summed E-state index contributed by atoms with van der Waals surface area (Å²) < 4.78 is 0. The minimum absolute atomic E-state index is 0.0434. The fraction of sp³-hybridized carbons (Fsp3) is 0.571. The van der Waals surface area contributed by atoms with E-state index < -0.39 is 0 Å². The Morgan fingerprint density at radius 3 is 2.46 bits per heavy atom.